The van der Waals surface area contributed by atoms with Crippen LogP contribution in [0, 0.1) is 11.7 Å². The van der Waals surface area contributed by atoms with Crippen molar-refractivity contribution in [1.29, 1.82) is 0 Å². The summed E-state index contributed by atoms with van der Waals surface area (Å²) in [6, 6.07) is 1.80. The van der Waals surface area contributed by atoms with Crippen molar-refractivity contribution in [2.75, 3.05) is 6.54 Å². The molecule has 3 N–H and O–H groups in total. The van der Waals surface area contributed by atoms with Gasteiger partial charge < -0.3 is 25.0 Å². The van der Waals surface area contributed by atoms with Crippen LogP contribution >= 0.6 is 0 Å². The molecule has 4 aliphatic rings. The Bertz CT molecular complexity index is 1840. The molecule has 2 saturated carbocycles. The highest BCUT2D eigenvalue weighted by molar-refractivity contribution is 7.91. The van der Waals surface area contributed by atoms with Crippen LogP contribution in [0.1, 0.15) is 83.8 Å². The van der Waals surface area contributed by atoms with Crippen LogP contribution in [0.3, 0.4) is 0 Å². The molecular weight excluding hydrogens is 725 g/mol. The second-order valence-corrected chi connectivity index (χ2v) is 17.1. The average molecular weight is 774 g/mol. The van der Waals surface area contributed by atoms with Crippen LogP contribution in [0.4, 0.5) is 14.0 Å². The molecule has 0 spiro atoms. The van der Waals surface area contributed by atoms with Crippen molar-refractivity contribution in [3.63, 3.8) is 0 Å². The van der Waals surface area contributed by atoms with Gasteiger partial charge in [0.1, 0.15) is 35.1 Å². The number of halogens is 1. The maximum Gasteiger partial charge on any atom is 0.410 e. The van der Waals surface area contributed by atoms with Gasteiger partial charge in [0, 0.05) is 30.9 Å². The Balaban J connectivity index is 1.39. The van der Waals surface area contributed by atoms with E-state index >= 15 is 0 Å². The zero-order valence-corrected chi connectivity index (χ0v) is 31.7. The number of hydrogen-bond donors (Lipinski definition) is 3. The maximum atomic E-state index is 14.4. The van der Waals surface area contributed by atoms with Crippen molar-refractivity contribution >= 4 is 45.7 Å². The van der Waals surface area contributed by atoms with E-state index in [0.717, 1.165) is 4.90 Å². The first kappa shape index (κ1) is 40.4. The summed E-state index contributed by atoms with van der Waals surface area (Å²) in [5.41, 5.74) is -1.64. The van der Waals surface area contributed by atoms with E-state index in [1.807, 2.05) is 6.92 Å². The summed E-state index contributed by atoms with van der Waals surface area (Å²) in [5, 5.41) is 4.48. The summed E-state index contributed by atoms with van der Waals surface area (Å²) < 4.78 is 53.0. The topological polar surface area (TPSA) is 198 Å². The number of carbonyl (C=O) groups is 6. The molecular formula is C37H48FN5O10S. The number of amides is 5. The molecule has 0 radical (unpaired) electrons. The zero-order chi connectivity index (χ0) is 39.6. The predicted molar refractivity (Wildman–Crippen MR) is 192 cm³/mol. The highest BCUT2D eigenvalue weighted by Crippen LogP contribution is 2.45. The Hall–Kier alpha value is -4.80. The van der Waals surface area contributed by atoms with Gasteiger partial charge in [-0.15, -0.1) is 6.58 Å². The number of sulfonamides is 1. The number of carbonyl (C=O) groups excluding carboxylic acids is 6. The Kier molecular flexibility index (Phi) is 11.9. The van der Waals surface area contributed by atoms with Crippen LogP contribution in [-0.4, -0.2) is 95.0 Å². The lowest BCUT2D eigenvalue weighted by atomic mass is 10.1. The van der Waals surface area contributed by atoms with Gasteiger partial charge in [-0.05, 0) is 70.6 Å². The Morgan fingerprint density at radius 1 is 1.13 bits per heavy atom. The van der Waals surface area contributed by atoms with Gasteiger partial charge in [-0.25, -0.2) is 22.4 Å². The van der Waals surface area contributed by atoms with E-state index in [1.165, 1.54) is 29.2 Å². The molecule has 1 unspecified atom stereocenters. The summed E-state index contributed by atoms with van der Waals surface area (Å²) in [6.07, 6.45) is 2.57. The lowest BCUT2D eigenvalue weighted by molar-refractivity contribution is -0.141. The van der Waals surface area contributed by atoms with E-state index < -0.39 is 86.2 Å². The average Bonchev–Trinajstić information content (AvgIpc) is 3.98. The normalized spacial score (nSPS) is 24.0. The van der Waals surface area contributed by atoms with Gasteiger partial charge in [-0.2, -0.15) is 0 Å². The molecule has 0 bridgehead atoms. The molecule has 2 heterocycles. The van der Waals surface area contributed by atoms with Gasteiger partial charge >= 0.3 is 12.2 Å². The maximum absolute atomic E-state index is 14.4. The van der Waals surface area contributed by atoms with Crippen LogP contribution in [0.25, 0.3) is 0 Å². The first-order chi connectivity index (χ1) is 25.4. The van der Waals surface area contributed by atoms with Gasteiger partial charge in [0.2, 0.25) is 21.8 Å². The van der Waals surface area contributed by atoms with E-state index in [2.05, 4.69) is 21.9 Å². The molecule has 294 valence electrons. The molecule has 2 aliphatic heterocycles. The lowest BCUT2D eigenvalue weighted by Gasteiger charge is -2.30. The van der Waals surface area contributed by atoms with Crippen LogP contribution in [-0.2, 0) is 51.8 Å². The minimum atomic E-state index is -3.97. The number of fused-ring (bicyclic) bond motifs is 1. The largest absolute Gasteiger partial charge is 0.444 e. The number of benzene rings is 1. The lowest BCUT2D eigenvalue weighted by Crippen LogP contribution is -2.58. The van der Waals surface area contributed by atoms with Crippen LogP contribution in [0.2, 0.25) is 0 Å². The first-order valence-corrected chi connectivity index (χ1v) is 19.6. The molecule has 0 aromatic heterocycles. The fourth-order valence-electron chi connectivity index (χ4n) is 6.65. The molecule has 15 nitrogen and oxygen atoms in total. The molecule has 5 rings (SSSR count). The summed E-state index contributed by atoms with van der Waals surface area (Å²) >= 11 is 0. The van der Waals surface area contributed by atoms with Gasteiger partial charge in [-0.1, -0.05) is 31.2 Å². The zero-order valence-electron chi connectivity index (χ0n) is 30.9. The number of ether oxygens (including phenoxy) is 2. The third-order valence-electron chi connectivity index (χ3n) is 9.76. The second-order valence-electron chi connectivity index (χ2n) is 15.2. The fourth-order valence-corrected chi connectivity index (χ4v) is 8.01. The summed E-state index contributed by atoms with van der Waals surface area (Å²) in [4.78, 5) is 83.2. The third-order valence-corrected chi connectivity index (χ3v) is 11.6. The number of likely N-dealkylation sites (tertiary alicyclic amines) is 1. The number of allylic oxidation sites excluding steroid dienone is 2. The van der Waals surface area contributed by atoms with E-state index in [-0.39, 0.29) is 51.1 Å². The highest BCUT2D eigenvalue weighted by atomic mass is 32.2. The standard InChI is InChI=1S/C37H48FN5O10S/c1-6-8-11-24(44)13-16-29(39-34(48)53-36(3,4)5)32(46)43-20-25(52-35(49)42-19-22-10-9-12-28(38)27(22)21-42)17-30(43)31(45)40-37(18-23(37)7-2)33(47)41-54(50,51)26-14-15-26/h7-12,23,25-26,29-30H,2,6,13-21H2,1,3-5H3,(H,39,48)(H,40,45)(H,41,47)/b11-8+/t23?,25-,29+,30+,37-/m1/s1. The number of nitrogens with one attached hydrogen (secondary N) is 3. The van der Waals surface area contributed by atoms with Gasteiger partial charge in [0.15, 0.2) is 5.78 Å². The van der Waals surface area contributed by atoms with E-state index in [4.69, 9.17) is 9.47 Å². The molecule has 2 aliphatic carbocycles. The molecule has 1 aromatic carbocycles. The molecule has 17 heteroatoms. The Labute approximate surface area is 314 Å². The third kappa shape index (κ3) is 9.46. The van der Waals surface area contributed by atoms with Crippen molar-refractivity contribution < 1.29 is 51.0 Å². The Morgan fingerprint density at radius 3 is 2.46 bits per heavy atom. The van der Waals surface area contributed by atoms with Crippen molar-refractivity contribution in [3.8, 4) is 0 Å². The molecule has 5 amide bonds. The number of nitrogens with zero attached hydrogens (tertiary/aromatic N) is 2. The minimum absolute atomic E-state index is 0.0488. The van der Waals surface area contributed by atoms with E-state index in [1.54, 1.807) is 32.9 Å². The van der Waals surface area contributed by atoms with Gasteiger partial charge in [-0.3, -0.25) is 28.8 Å². The monoisotopic (exact) mass is 773 g/mol. The summed E-state index contributed by atoms with van der Waals surface area (Å²) in [7, 11) is -3.97. The molecule has 1 aromatic rings. The van der Waals surface area contributed by atoms with E-state index in [0.29, 0.717) is 30.4 Å². The number of alkyl carbamates (subject to hydrolysis) is 1. The molecule has 5 atom stereocenters. The first-order valence-electron chi connectivity index (χ1n) is 18.1. The molecule has 1 saturated heterocycles. The second kappa shape index (κ2) is 15.9. The van der Waals surface area contributed by atoms with Crippen molar-refractivity contribution in [3.05, 3.63) is 60.0 Å². The van der Waals surface area contributed by atoms with Crippen LogP contribution in [0.15, 0.2) is 43.0 Å². The fraction of sp³-hybridized carbons (Fsp3) is 0.568. The number of hydrogen-bond acceptors (Lipinski definition) is 10. The quantitative estimate of drug-likeness (QED) is 0.187. The van der Waals surface area contributed by atoms with Gasteiger partial charge in [0.05, 0.1) is 18.3 Å². The molecule has 54 heavy (non-hydrogen) atoms. The highest BCUT2D eigenvalue weighted by Gasteiger charge is 2.62. The summed E-state index contributed by atoms with van der Waals surface area (Å²) in [5.74, 6) is -3.94. The molecule has 3 fully saturated rings. The Morgan fingerprint density at radius 2 is 1.85 bits per heavy atom. The minimum Gasteiger partial charge on any atom is -0.444 e. The SMILES string of the molecule is C=CC1C[C@]1(NC(=O)[C@@H]1C[C@@H](OC(=O)N2Cc3cccc(F)c3C2)CN1C(=O)[C@H](CCC(=O)/C=C/CC)NC(=O)OC(C)(C)C)C(=O)NS(=O)(=O)C1CC1. The predicted octanol–water partition coefficient (Wildman–Crippen LogP) is 3.13. The van der Waals surface area contributed by atoms with Crippen molar-refractivity contribution in [1.82, 2.24) is 25.2 Å². The smallest absolute Gasteiger partial charge is 0.410 e. The van der Waals surface area contributed by atoms with E-state index in [9.17, 15) is 41.6 Å². The number of rotatable bonds is 14. The van der Waals surface area contributed by atoms with Gasteiger partial charge in [0.25, 0.3) is 5.91 Å². The number of ketones is 1. The van der Waals surface area contributed by atoms with Crippen molar-refractivity contribution in [2.24, 2.45) is 5.92 Å². The summed E-state index contributed by atoms with van der Waals surface area (Å²) in [6.45, 7) is 10.2. The van der Waals surface area contributed by atoms with Crippen LogP contribution < -0.4 is 15.4 Å². The van der Waals surface area contributed by atoms with Crippen LogP contribution in [0.5, 0.6) is 0 Å². The van der Waals surface area contributed by atoms with Crippen molar-refractivity contribution in [2.45, 2.75) is 120 Å².